The number of nitrogens with zero attached hydrogens (tertiary/aromatic N) is 1. The summed E-state index contributed by atoms with van der Waals surface area (Å²) >= 11 is 0. The minimum Gasteiger partial charge on any atom is -0.352 e. The van der Waals surface area contributed by atoms with Gasteiger partial charge >= 0.3 is 0 Å². The van der Waals surface area contributed by atoms with E-state index in [1.165, 1.54) is 25.7 Å². The zero-order valence-electron chi connectivity index (χ0n) is 13.6. The van der Waals surface area contributed by atoms with Crippen molar-refractivity contribution in [1.82, 2.24) is 15.5 Å². The van der Waals surface area contributed by atoms with Crippen LogP contribution in [0.3, 0.4) is 0 Å². The Morgan fingerprint density at radius 2 is 2.05 bits per heavy atom. The molecule has 21 heavy (non-hydrogen) atoms. The first kappa shape index (κ1) is 18.7. The van der Waals surface area contributed by atoms with E-state index in [9.17, 15) is 4.79 Å². The minimum absolute atomic E-state index is 0. The normalized spacial score (nSPS) is 29.2. The molecule has 1 amide bonds. The van der Waals surface area contributed by atoms with Crippen LogP contribution in [0.15, 0.2) is 0 Å². The van der Waals surface area contributed by atoms with E-state index < -0.39 is 0 Å². The third kappa shape index (κ3) is 5.76. The summed E-state index contributed by atoms with van der Waals surface area (Å²) in [5, 5.41) is 6.68. The smallest absolute Gasteiger partial charge is 0.234 e. The van der Waals surface area contributed by atoms with Crippen molar-refractivity contribution in [1.29, 1.82) is 0 Å². The SMILES string of the molecule is CCCN(CC(=O)NC1CCCCC1C)C1CCNC1.Cl. The molecule has 0 aromatic rings. The third-order valence-electron chi connectivity index (χ3n) is 4.87. The Morgan fingerprint density at radius 1 is 1.29 bits per heavy atom. The number of carbonyl (C=O) groups excluding carboxylic acids is 1. The van der Waals surface area contributed by atoms with Crippen molar-refractivity contribution in [3.63, 3.8) is 0 Å². The number of hydrogen-bond acceptors (Lipinski definition) is 3. The van der Waals surface area contributed by atoms with Gasteiger partial charge in [-0.25, -0.2) is 0 Å². The molecule has 2 rings (SSSR count). The highest BCUT2D eigenvalue weighted by Crippen LogP contribution is 2.23. The van der Waals surface area contributed by atoms with Crippen molar-refractivity contribution in [3.05, 3.63) is 0 Å². The molecular weight excluding hydrogens is 286 g/mol. The van der Waals surface area contributed by atoms with Gasteiger partial charge in [-0.15, -0.1) is 12.4 Å². The predicted molar refractivity (Wildman–Crippen MR) is 89.9 cm³/mol. The molecule has 1 saturated carbocycles. The third-order valence-corrected chi connectivity index (χ3v) is 4.87. The molecule has 1 saturated heterocycles. The number of nitrogens with one attached hydrogen (secondary N) is 2. The Kier molecular flexibility index (Phi) is 8.60. The lowest BCUT2D eigenvalue weighted by Gasteiger charge is -2.32. The van der Waals surface area contributed by atoms with E-state index in [0.717, 1.165) is 32.5 Å². The second-order valence-electron chi connectivity index (χ2n) is 6.55. The highest BCUT2D eigenvalue weighted by molar-refractivity contribution is 5.85. The quantitative estimate of drug-likeness (QED) is 0.789. The molecule has 0 aromatic carbocycles. The van der Waals surface area contributed by atoms with Crippen LogP contribution in [0.5, 0.6) is 0 Å². The van der Waals surface area contributed by atoms with Crippen LogP contribution >= 0.6 is 12.4 Å². The molecule has 124 valence electrons. The van der Waals surface area contributed by atoms with Crippen molar-refractivity contribution >= 4 is 18.3 Å². The molecule has 4 nitrogen and oxygen atoms in total. The lowest BCUT2D eigenvalue weighted by atomic mass is 9.86. The summed E-state index contributed by atoms with van der Waals surface area (Å²) in [5.41, 5.74) is 0. The van der Waals surface area contributed by atoms with Crippen molar-refractivity contribution in [3.8, 4) is 0 Å². The van der Waals surface area contributed by atoms with Crippen molar-refractivity contribution in [2.24, 2.45) is 5.92 Å². The average Bonchev–Trinajstić information content (AvgIpc) is 2.95. The monoisotopic (exact) mass is 317 g/mol. The maximum atomic E-state index is 12.3. The number of halogens is 1. The molecule has 1 heterocycles. The van der Waals surface area contributed by atoms with Crippen molar-refractivity contribution in [2.45, 2.75) is 64.5 Å². The summed E-state index contributed by atoms with van der Waals surface area (Å²) in [5.74, 6) is 0.865. The summed E-state index contributed by atoms with van der Waals surface area (Å²) in [6.45, 7) is 8.19. The highest BCUT2D eigenvalue weighted by Gasteiger charge is 2.26. The van der Waals surface area contributed by atoms with Crippen LogP contribution < -0.4 is 10.6 Å². The largest absolute Gasteiger partial charge is 0.352 e. The van der Waals surface area contributed by atoms with Gasteiger partial charge in [0.2, 0.25) is 5.91 Å². The Hall–Kier alpha value is -0.320. The molecule has 2 N–H and O–H groups in total. The maximum absolute atomic E-state index is 12.3. The van der Waals surface area contributed by atoms with Gasteiger partial charge in [0.05, 0.1) is 6.54 Å². The van der Waals surface area contributed by atoms with Crippen LogP contribution in [0.1, 0.15) is 52.4 Å². The van der Waals surface area contributed by atoms with Gasteiger partial charge in [0.25, 0.3) is 0 Å². The second kappa shape index (κ2) is 9.65. The number of hydrogen-bond donors (Lipinski definition) is 2. The van der Waals surface area contributed by atoms with Gasteiger partial charge < -0.3 is 10.6 Å². The Balaban J connectivity index is 0.00000220. The van der Waals surface area contributed by atoms with E-state index >= 15 is 0 Å². The Morgan fingerprint density at radius 3 is 2.67 bits per heavy atom. The van der Waals surface area contributed by atoms with E-state index in [2.05, 4.69) is 29.4 Å². The lowest BCUT2D eigenvalue weighted by Crippen LogP contribution is -2.48. The fourth-order valence-corrected chi connectivity index (χ4v) is 3.60. The molecule has 0 bridgehead atoms. The molecule has 5 heteroatoms. The van der Waals surface area contributed by atoms with Gasteiger partial charge in [-0.1, -0.05) is 26.7 Å². The molecule has 3 unspecified atom stereocenters. The van der Waals surface area contributed by atoms with Crippen molar-refractivity contribution < 1.29 is 4.79 Å². The first-order valence-corrected chi connectivity index (χ1v) is 8.44. The molecule has 2 fully saturated rings. The Labute approximate surface area is 135 Å². The summed E-state index contributed by atoms with van der Waals surface area (Å²) < 4.78 is 0. The molecule has 0 radical (unpaired) electrons. The van der Waals surface area contributed by atoms with Gasteiger partial charge in [-0.05, 0) is 44.7 Å². The number of rotatable bonds is 6. The van der Waals surface area contributed by atoms with Crippen molar-refractivity contribution in [2.75, 3.05) is 26.2 Å². The number of carbonyl (C=O) groups is 1. The second-order valence-corrected chi connectivity index (χ2v) is 6.55. The lowest BCUT2D eigenvalue weighted by molar-refractivity contribution is -0.124. The predicted octanol–water partition coefficient (Wildman–Crippen LogP) is 2.18. The summed E-state index contributed by atoms with van der Waals surface area (Å²) in [6.07, 6.45) is 7.29. The summed E-state index contributed by atoms with van der Waals surface area (Å²) in [6, 6.07) is 0.950. The highest BCUT2D eigenvalue weighted by atomic mass is 35.5. The van der Waals surface area contributed by atoms with Gasteiger partial charge in [0.15, 0.2) is 0 Å². The Bertz CT molecular complexity index is 308. The van der Waals surface area contributed by atoms with Crippen LogP contribution in [0.25, 0.3) is 0 Å². The summed E-state index contributed by atoms with van der Waals surface area (Å²) in [4.78, 5) is 14.7. The first-order valence-electron chi connectivity index (χ1n) is 8.44. The van der Waals surface area contributed by atoms with Crippen LogP contribution in [0, 0.1) is 5.92 Å². The van der Waals surface area contributed by atoms with Crippen LogP contribution in [0.4, 0.5) is 0 Å². The van der Waals surface area contributed by atoms with E-state index in [4.69, 9.17) is 0 Å². The van der Waals surface area contributed by atoms with Gasteiger partial charge in [-0.3, -0.25) is 9.69 Å². The summed E-state index contributed by atoms with van der Waals surface area (Å²) in [7, 11) is 0. The van der Waals surface area contributed by atoms with Crippen LogP contribution in [0.2, 0.25) is 0 Å². The van der Waals surface area contributed by atoms with E-state index in [1.54, 1.807) is 0 Å². The fraction of sp³-hybridized carbons (Fsp3) is 0.938. The zero-order chi connectivity index (χ0) is 14.4. The molecule has 2 aliphatic rings. The number of amides is 1. The minimum atomic E-state index is 0. The van der Waals surface area contributed by atoms with E-state index in [0.29, 0.717) is 24.5 Å². The van der Waals surface area contributed by atoms with Gasteiger partial charge in [-0.2, -0.15) is 0 Å². The van der Waals surface area contributed by atoms with Gasteiger partial charge in [0, 0.05) is 18.6 Å². The first-order chi connectivity index (χ1) is 9.70. The van der Waals surface area contributed by atoms with E-state index in [-0.39, 0.29) is 18.3 Å². The molecule has 0 spiro atoms. The molecular formula is C16H32ClN3O. The fourth-order valence-electron chi connectivity index (χ4n) is 3.60. The topological polar surface area (TPSA) is 44.4 Å². The average molecular weight is 318 g/mol. The molecule has 3 atom stereocenters. The zero-order valence-corrected chi connectivity index (χ0v) is 14.4. The standard InChI is InChI=1S/C16H31N3O.ClH/c1-3-10-19(14-8-9-17-11-14)12-16(20)18-15-7-5-4-6-13(15)2;/h13-15,17H,3-12H2,1-2H3,(H,18,20);1H. The van der Waals surface area contributed by atoms with Crippen LogP contribution in [-0.4, -0.2) is 49.1 Å². The molecule has 1 aliphatic heterocycles. The van der Waals surface area contributed by atoms with Gasteiger partial charge in [0.1, 0.15) is 0 Å². The molecule has 1 aliphatic carbocycles. The van der Waals surface area contributed by atoms with Crippen LogP contribution in [-0.2, 0) is 4.79 Å². The maximum Gasteiger partial charge on any atom is 0.234 e. The van der Waals surface area contributed by atoms with E-state index in [1.807, 2.05) is 0 Å². The molecule has 0 aromatic heterocycles.